The topological polar surface area (TPSA) is 49.0 Å². The number of fused-ring (bicyclic) bond motifs is 1. The molecule has 0 atom stereocenters. The van der Waals surface area contributed by atoms with Crippen molar-refractivity contribution in [1.29, 1.82) is 0 Å². The van der Waals surface area contributed by atoms with Crippen molar-refractivity contribution in [3.63, 3.8) is 0 Å². The molecule has 6 heteroatoms. The summed E-state index contributed by atoms with van der Waals surface area (Å²) in [6.07, 6.45) is 0.734. The molecule has 1 aromatic carbocycles. The van der Waals surface area contributed by atoms with E-state index in [9.17, 15) is 9.18 Å². The van der Waals surface area contributed by atoms with Crippen LogP contribution in [-0.4, -0.2) is 21.4 Å². The Labute approximate surface area is 139 Å². The Hall–Kier alpha value is -1.72. The van der Waals surface area contributed by atoms with Crippen LogP contribution in [0, 0.1) is 5.82 Å². The second kappa shape index (κ2) is 6.42. The summed E-state index contributed by atoms with van der Waals surface area (Å²) < 4.78 is 13.1. The SMILES string of the molecule is CC(C)c1nc2c(c(=O)[nH]1)CN(Cc1ccc(F)cc1Cl)CC2. The summed E-state index contributed by atoms with van der Waals surface area (Å²) in [5.41, 5.74) is 2.41. The zero-order chi connectivity index (χ0) is 16.6. The van der Waals surface area contributed by atoms with E-state index in [2.05, 4.69) is 14.9 Å². The van der Waals surface area contributed by atoms with E-state index in [0.29, 0.717) is 18.1 Å². The Morgan fingerprint density at radius 2 is 2.22 bits per heavy atom. The molecule has 1 N–H and O–H groups in total. The zero-order valence-electron chi connectivity index (χ0n) is 13.2. The normalized spacial score (nSPS) is 15.0. The van der Waals surface area contributed by atoms with Crippen LogP contribution in [0.3, 0.4) is 0 Å². The van der Waals surface area contributed by atoms with Crippen LogP contribution in [0.1, 0.15) is 42.4 Å². The van der Waals surface area contributed by atoms with Crippen LogP contribution in [0.4, 0.5) is 4.39 Å². The summed E-state index contributed by atoms with van der Waals surface area (Å²) in [6.45, 7) is 5.94. The van der Waals surface area contributed by atoms with Crippen molar-refractivity contribution in [3.8, 4) is 0 Å². The van der Waals surface area contributed by atoms with E-state index in [-0.39, 0.29) is 17.3 Å². The van der Waals surface area contributed by atoms with Gasteiger partial charge in [-0.2, -0.15) is 0 Å². The predicted molar refractivity (Wildman–Crippen MR) is 88.2 cm³/mol. The van der Waals surface area contributed by atoms with E-state index in [4.69, 9.17) is 11.6 Å². The molecule has 0 fully saturated rings. The van der Waals surface area contributed by atoms with Crippen LogP contribution in [-0.2, 0) is 19.5 Å². The van der Waals surface area contributed by atoms with Gasteiger partial charge in [-0.1, -0.05) is 31.5 Å². The molecule has 0 spiro atoms. The standard InChI is InChI=1S/C17H19ClFN3O/c1-10(2)16-20-15-5-6-22(9-13(15)17(23)21-16)8-11-3-4-12(19)7-14(11)18/h3-4,7,10H,5-6,8-9H2,1-2H3,(H,20,21,23). The Morgan fingerprint density at radius 1 is 1.43 bits per heavy atom. The fraction of sp³-hybridized carbons (Fsp3) is 0.412. The van der Waals surface area contributed by atoms with Crippen molar-refractivity contribution in [1.82, 2.24) is 14.9 Å². The van der Waals surface area contributed by atoms with Gasteiger partial charge in [0.2, 0.25) is 0 Å². The second-order valence-electron chi connectivity index (χ2n) is 6.23. The molecule has 4 nitrogen and oxygen atoms in total. The van der Waals surface area contributed by atoms with Gasteiger partial charge in [0.25, 0.3) is 5.56 Å². The largest absolute Gasteiger partial charge is 0.310 e. The molecule has 1 aromatic heterocycles. The van der Waals surface area contributed by atoms with E-state index in [1.54, 1.807) is 6.07 Å². The molecule has 3 rings (SSSR count). The average Bonchev–Trinajstić information content (AvgIpc) is 2.50. The number of halogens is 2. The minimum absolute atomic E-state index is 0.0615. The molecule has 1 aliphatic heterocycles. The number of rotatable bonds is 3. The fourth-order valence-electron chi connectivity index (χ4n) is 2.80. The number of nitrogens with zero attached hydrogens (tertiary/aromatic N) is 2. The molecule has 0 amide bonds. The summed E-state index contributed by atoms with van der Waals surface area (Å²) in [6, 6.07) is 4.41. The smallest absolute Gasteiger partial charge is 0.255 e. The first-order valence-electron chi connectivity index (χ1n) is 7.72. The molecule has 1 aliphatic rings. The summed E-state index contributed by atoms with van der Waals surface area (Å²) >= 11 is 6.09. The molecule has 0 aliphatic carbocycles. The van der Waals surface area contributed by atoms with Gasteiger partial charge >= 0.3 is 0 Å². The van der Waals surface area contributed by atoms with Crippen molar-refractivity contribution in [2.75, 3.05) is 6.54 Å². The molecule has 0 radical (unpaired) electrons. The third-order valence-corrected chi connectivity index (χ3v) is 4.47. The predicted octanol–water partition coefficient (Wildman–Crippen LogP) is 3.24. The number of hydrogen-bond donors (Lipinski definition) is 1. The number of aromatic nitrogens is 2. The van der Waals surface area contributed by atoms with Crippen LogP contribution < -0.4 is 5.56 Å². The minimum Gasteiger partial charge on any atom is -0.310 e. The molecule has 0 unspecified atom stereocenters. The average molecular weight is 336 g/mol. The van der Waals surface area contributed by atoms with Gasteiger partial charge in [0, 0.05) is 37.0 Å². The van der Waals surface area contributed by atoms with Crippen molar-refractivity contribution in [2.45, 2.75) is 39.3 Å². The van der Waals surface area contributed by atoms with Gasteiger partial charge < -0.3 is 4.98 Å². The highest BCUT2D eigenvalue weighted by molar-refractivity contribution is 6.31. The van der Waals surface area contributed by atoms with Gasteiger partial charge in [-0.3, -0.25) is 9.69 Å². The highest BCUT2D eigenvalue weighted by Gasteiger charge is 2.22. The second-order valence-corrected chi connectivity index (χ2v) is 6.63. The van der Waals surface area contributed by atoms with Gasteiger partial charge in [0.1, 0.15) is 11.6 Å². The van der Waals surface area contributed by atoms with Crippen molar-refractivity contribution < 1.29 is 4.39 Å². The molecule has 0 saturated heterocycles. The number of hydrogen-bond acceptors (Lipinski definition) is 3. The van der Waals surface area contributed by atoms with Crippen molar-refractivity contribution in [2.24, 2.45) is 0 Å². The maximum atomic E-state index is 13.1. The first kappa shape index (κ1) is 16.1. The zero-order valence-corrected chi connectivity index (χ0v) is 14.0. The van der Waals surface area contributed by atoms with Gasteiger partial charge in [0.05, 0.1) is 11.3 Å². The highest BCUT2D eigenvalue weighted by atomic mass is 35.5. The monoisotopic (exact) mass is 335 g/mol. The van der Waals surface area contributed by atoms with Crippen LogP contribution in [0.5, 0.6) is 0 Å². The highest BCUT2D eigenvalue weighted by Crippen LogP contribution is 2.22. The third-order valence-electron chi connectivity index (χ3n) is 4.12. The van der Waals surface area contributed by atoms with Crippen LogP contribution >= 0.6 is 11.6 Å². The van der Waals surface area contributed by atoms with E-state index in [0.717, 1.165) is 35.6 Å². The lowest BCUT2D eigenvalue weighted by atomic mass is 10.0. The number of aromatic amines is 1. The minimum atomic E-state index is -0.343. The molecule has 0 bridgehead atoms. The molecule has 23 heavy (non-hydrogen) atoms. The summed E-state index contributed by atoms with van der Waals surface area (Å²) in [7, 11) is 0. The molecule has 0 saturated carbocycles. The Bertz CT molecular complexity index is 788. The lowest BCUT2D eigenvalue weighted by Gasteiger charge is -2.28. The van der Waals surface area contributed by atoms with Crippen molar-refractivity contribution in [3.05, 3.63) is 62.0 Å². The number of H-pyrrole nitrogens is 1. The molecule has 2 heterocycles. The van der Waals surface area contributed by atoms with Crippen LogP contribution in [0.15, 0.2) is 23.0 Å². The summed E-state index contributed by atoms with van der Waals surface area (Å²) in [5, 5.41) is 0.415. The lowest BCUT2D eigenvalue weighted by molar-refractivity contribution is 0.241. The van der Waals surface area contributed by atoms with E-state index < -0.39 is 0 Å². The van der Waals surface area contributed by atoms with Gasteiger partial charge in [0.15, 0.2) is 0 Å². The van der Waals surface area contributed by atoms with E-state index in [1.807, 2.05) is 13.8 Å². The van der Waals surface area contributed by atoms with Gasteiger partial charge in [-0.25, -0.2) is 9.37 Å². The third kappa shape index (κ3) is 3.46. The van der Waals surface area contributed by atoms with E-state index in [1.165, 1.54) is 12.1 Å². The Balaban J connectivity index is 1.82. The molecular weight excluding hydrogens is 317 g/mol. The summed E-state index contributed by atoms with van der Waals surface area (Å²) in [4.78, 5) is 21.9. The first-order chi connectivity index (χ1) is 10.9. The number of nitrogens with one attached hydrogen (secondary N) is 1. The van der Waals surface area contributed by atoms with Crippen LogP contribution in [0.2, 0.25) is 5.02 Å². The quantitative estimate of drug-likeness (QED) is 0.936. The van der Waals surface area contributed by atoms with Crippen molar-refractivity contribution >= 4 is 11.6 Å². The molecular formula is C17H19ClFN3O. The maximum Gasteiger partial charge on any atom is 0.255 e. The first-order valence-corrected chi connectivity index (χ1v) is 8.10. The lowest BCUT2D eigenvalue weighted by Crippen LogP contribution is -2.36. The Kier molecular flexibility index (Phi) is 4.50. The summed E-state index contributed by atoms with van der Waals surface area (Å²) in [5.74, 6) is 0.595. The molecule has 122 valence electrons. The van der Waals surface area contributed by atoms with E-state index >= 15 is 0 Å². The number of benzene rings is 1. The fourth-order valence-corrected chi connectivity index (χ4v) is 3.03. The van der Waals surface area contributed by atoms with Gasteiger partial charge in [-0.05, 0) is 17.7 Å². The van der Waals surface area contributed by atoms with Gasteiger partial charge in [-0.15, -0.1) is 0 Å². The maximum absolute atomic E-state index is 13.1. The van der Waals surface area contributed by atoms with Crippen LogP contribution in [0.25, 0.3) is 0 Å². The Morgan fingerprint density at radius 3 is 2.91 bits per heavy atom. The molecule has 2 aromatic rings.